The van der Waals surface area contributed by atoms with Crippen LogP contribution in [0.5, 0.6) is 0 Å². The van der Waals surface area contributed by atoms with Crippen molar-refractivity contribution in [2.24, 2.45) is 0 Å². The highest BCUT2D eigenvalue weighted by molar-refractivity contribution is 5.89. The van der Waals surface area contributed by atoms with E-state index in [1.165, 1.54) is 7.11 Å². The number of aliphatic hydroxyl groups is 3. The van der Waals surface area contributed by atoms with Crippen molar-refractivity contribution in [1.82, 2.24) is 0 Å². The van der Waals surface area contributed by atoms with E-state index < -0.39 is 36.3 Å². The first-order chi connectivity index (χ1) is 6.11. The zero-order valence-corrected chi connectivity index (χ0v) is 6.93. The highest BCUT2D eigenvalue weighted by Crippen LogP contribution is 2.22. The van der Waals surface area contributed by atoms with Crippen LogP contribution in [-0.4, -0.2) is 47.2 Å². The van der Waals surface area contributed by atoms with Gasteiger partial charge in [0.05, 0.1) is 6.61 Å². The molecule has 1 rings (SSSR count). The van der Waals surface area contributed by atoms with E-state index in [1.54, 1.807) is 0 Å². The lowest BCUT2D eigenvalue weighted by Crippen LogP contribution is -2.33. The van der Waals surface area contributed by atoms with E-state index in [9.17, 15) is 4.79 Å². The fourth-order valence-corrected chi connectivity index (χ4v) is 1.01. The van der Waals surface area contributed by atoms with Crippen LogP contribution in [0.1, 0.15) is 0 Å². The van der Waals surface area contributed by atoms with Gasteiger partial charge in [-0.3, -0.25) is 0 Å². The molecule has 0 saturated heterocycles. The summed E-state index contributed by atoms with van der Waals surface area (Å²) in [6.07, 6.45) is -1.99. The molecule has 1 aliphatic rings. The molecular formula is C7H10O6. The number of aliphatic hydroxyl groups excluding tert-OH is 3. The molecule has 1 heterocycles. The molecule has 0 aromatic heterocycles. The minimum Gasteiger partial charge on any atom is -0.505 e. The summed E-state index contributed by atoms with van der Waals surface area (Å²) < 4.78 is 9.25. The topological polar surface area (TPSA) is 96.2 Å². The first kappa shape index (κ1) is 9.82. The Labute approximate surface area is 74.0 Å². The molecule has 0 spiro atoms. The van der Waals surface area contributed by atoms with E-state index in [0.29, 0.717) is 0 Å². The average molecular weight is 190 g/mol. The summed E-state index contributed by atoms with van der Waals surface area (Å²) in [6, 6.07) is 0. The van der Waals surface area contributed by atoms with Gasteiger partial charge in [0.1, 0.15) is 6.10 Å². The summed E-state index contributed by atoms with van der Waals surface area (Å²) in [5.41, 5.74) is 0. The third-order valence-electron chi connectivity index (χ3n) is 1.76. The molecule has 6 heteroatoms. The summed E-state index contributed by atoms with van der Waals surface area (Å²) in [5, 5.41) is 26.8. The number of ether oxygens (including phenoxy) is 2. The van der Waals surface area contributed by atoms with E-state index in [1.807, 2.05) is 0 Å². The van der Waals surface area contributed by atoms with Crippen LogP contribution in [0.15, 0.2) is 11.5 Å². The molecule has 0 radical (unpaired) electrons. The van der Waals surface area contributed by atoms with Gasteiger partial charge in [-0.05, 0) is 0 Å². The second kappa shape index (κ2) is 3.63. The number of hydrogen-bond acceptors (Lipinski definition) is 6. The Balaban J connectivity index is 2.80. The van der Waals surface area contributed by atoms with Crippen molar-refractivity contribution >= 4 is 5.97 Å². The van der Waals surface area contributed by atoms with E-state index in [2.05, 4.69) is 4.74 Å². The smallest absolute Gasteiger partial charge is 0.377 e. The Morgan fingerprint density at radius 2 is 2.23 bits per heavy atom. The van der Waals surface area contributed by atoms with Gasteiger partial charge >= 0.3 is 5.97 Å². The molecule has 6 nitrogen and oxygen atoms in total. The molecule has 74 valence electrons. The Morgan fingerprint density at radius 3 is 2.54 bits per heavy atom. The van der Waals surface area contributed by atoms with Gasteiger partial charge in [0.2, 0.25) is 5.76 Å². The highest BCUT2D eigenvalue weighted by atomic mass is 16.6. The van der Waals surface area contributed by atoms with Crippen molar-refractivity contribution in [2.45, 2.75) is 12.2 Å². The molecule has 0 bridgehead atoms. The van der Waals surface area contributed by atoms with Crippen LogP contribution < -0.4 is 0 Å². The number of esters is 1. The Hall–Kier alpha value is -1.27. The SMILES string of the molecule is CO[C@@H](CO)[C@H]1OC(=O)C(O)=C1O. The van der Waals surface area contributed by atoms with Gasteiger partial charge in [0.25, 0.3) is 0 Å². The first-order valence-electron chi connectivity index (χ1n) is 3.58. The van der Waals surface area contributed by atoms with Crippen LogP contribution >= 0.6 is 0 Å². The minimum absolute atomic E-state index is 0.425. The molecule has 3 N–H and O–H groups in total. The fourth-order valence-electron chi connectivity index (χ4n) is 1.01. The van der Waals surface area contributed by atoms with Gasteiger partial charge in [-0.25, -0.2) is 4.79 Å². The molecule has 1 aliphatic heterocycles. The number of hydrogen-bond donors (Lipinski definition) is 3. The number of cyclic esters (lactones) is 1. The number of carbonyl (C=O) groups excluding carboxylic acids is 1. The van der Waals surface area contributed by atoms with Crippen LogP contribution in [0, 0.1) is 0 Å². The lowest BCUT2D eigenvalue weighted by Gasteiger charge is -2.18. The van der Waals surface area contributed by atoms with Crippen LogP contribution in [0.4, 0.5) is 0 Å². The molecule has 13 heavy (non-hydrogen) atoms. The van der Waals surface area contributed by atoms with Crippen LogP contribution in [0.2, 0.25) is 0 Å². The maximum absolute atomic E-state index is 10.7. The lowest BCUT2D eigenvalue weighted by atomic mass is 10.2. The van der Waals surface area contributed by atoms with Gasteiger partial charge in [0.15, 0.2) is 11.9 Å². The van der Waals surface area contributed by atoms with Crippen LogP contribution in [0.25, 0.3) is 0 Å². The summed E-state index contributed by atoms with van der Waals surface area (Å²) in [6.45, 7) is -0.425. The monoisotopic (exact) mass is 190 g/mol. The van der Waals surface area contributed by atoms with Gasteiger partial charge in [-0.15, -0.1) is 0 Å². The van der Waals surface area contributed by atoms with Crippen molar-refractivity contribution in [1.29, 1.82) is 0 Å². The molecule has 0 saturated carbocycles. The fraction of sp³-hybridized carbons (Fsp3) is 0.571. The summed E-state index contributed by atoms with van der Waals surface area (Å²) in [4.78, 5) is 10.7. The van der Waals surface area contributed by atoms with Crippen molar-refractivity contribution in [3.63, 3.8) is 0 Å². The van der Waals surface area contributed by atoms with Gasteiger partial charge in [-0.1, -0.05) is 0 Å². The molecular weight excluding hydrogens is 180 g/mol. The van der Waals surface area contributed by atoms with E-state index in [-0.39, 0.29) is 0 Å². The maximum Gasteiger partial charge on any atom is 0.377 e. The normalized spacial score (nSPS) is 24.8. The molecule has 0 aliphatic carbocycles. The van der Waals surface area contributed by atoms with E-state index >= 15 is 0 Å². The molecule has 0 amide bonds. The average Bonchev–Trinajstić information content (AvgIpc) is 2.36. The maximum atomic E-state index is 10.7. The molecule has 0 unspecified atom stereocenters. The Morgan fingerprint density at radius 1 is 1.62 bits per heavy atom. The summed E-state index contributed by atoms with van der Waals surface area (Å²) >= 11 is 0. The quantitative estimate of drug-likeness (QED) is 0.506. The molecule has 0 aromatic carbocycles. The Kier molecular flexibility index (Phi) is 2.74. The predicted molar refractivity (Wildman–Crippen MR) is 40.0 cm³/mol. The minimum atomic E-state index is -1.12. The second-order valence-electron chi connectivity index (χ2n) is 2.52. The van der Waals surface area contributed by atoms with Gasteiger partial charge < -0.3 is 24.8 Å². The first-order valence-corrected chi connectivity index (χ1v) is 3.58. The third-order valence-corrected chi connectivity index (χ3v) is 1.76. The zero-order chi connectivity index (χ0) is 10.0. The Bertz CT molecular complexity index is 241. The van der Waals surface area contributed by atoms with Gasteiger partial charge in [-0.2, -0.15) is 0 Å². The largest absolute Gasteiger partial charge is 0.505 e. The standard InChI is InChI=1S/C7H10O6/c1-12-3(2-8)6-4(9)5(10)7(11)13-6/h3,6,8-10H,2H2,1H3/t3-,6+/m0/s1. The van der Waals surface area contributed by atoms with Crippen molar-refractivity contribution < 1.29 is 29.6 Å². The number of carbonyl (C=O) groups is 1. The van der Waals surface area contributed by atoms with Crippen molar-refractivity contribution in [3.8, 4) is 0 Å². The van der Waals surface area contributed by atoms with Crippen LogP contribution in [0.3, 0.4) is 0 Å². The van der Waals surface area contributed by atoms with E-state index in [4.69, 9.17) is 20.1 Å². The lowest BCUT2D eigenvalue weighted by molar-refractivity contribution is -0.149. The molecule has 0 fully saturated rings. The molecule has 0 aromatic rings. The summed E-state index contributed by atoms with van der Waals surface area (Å²) in [5.74, 6) is -2.45. The van der Waals surface area contributed by atoms with Gasteiger partial charge in [0, 0.05) is 7.11 Å². The van der Waals surface area contributed by atoms with E-state index in [0.717, 1.165) is 0 Å². The zero-order valence-electron chi connectivity index (χ0n) is 6.93. The van der Waals surface area contributed by atoms with Crippen molar-refractivity contribution in [2.75, 3.05) is 13.7 Å². The number of methoxy groups -OCH3 is 1. The van der Waals surface area contributed by atoms with Crippen molar-refractivity contribution in [3.05, 3.63) is 11.5 Å². The molecule has 2 atom stereocenters. The number of rotatable bonds is 3. The predicted octanol–water partition coefficient (Wildman–Crippen LogP) is -0.753. The summed E-state index contributed by atoms with van der Waals surface area (Å²) in [7, 11) is 1.29. The highest BCUT2D eigenvalue weighted by Gasteiger charge is 2.39. The third kappa shape index (κ3) is 1.58. The van der Waals surface area contributed by atoms with Crippen LogP contribution in [-0.2, 0) is 14.3 Å². The second-order valence-corrected chi connectivity index (χ2v) is 2.52.